The number of esters is 1. The summed E-state index contributed by atoms with van der Waals surface area (Å²) in [5, 5.41) is 0.592. The van der Waals surface area contributed by atoms with E-state index in [1.165, 1.54) is 18.2 Å². The highest BCUT2D eigenvalue weighted by atomic mass is 35.5. The molecule has 1 amide bonds. The van der Waals surface area contributed by atoms with Crippen LogP contribution in [-0.4, -0.2) is 55.4 Å². The Balaban J connectivity index is 1.68. The van der Waals surface area contributed by atoms with E-state index in [-0.39, 0.29) is 35.1 Å². The molecule has 3 rings (SSSR count). The van der Waals surface area contributed by atoms with Gasteiger partial charge in [0.25, 0.3) is 5.91 Å². The van der Waals surface area contributed by atoms with Crippen LogP contribution in [-0.2, 0) is 19.4 Å². The maximum Gasteiger partial charge on any atom is 0.338 e. The summed E-state index contributed by atoms with van der Waals surface area (Å²) in [4.78, 5) is 26.7. The zero-order valence-electron chi connectivity index (χ0n) is 14.7. The highest BCUT2D eigenvalue weighted by molar-refractivity contribution is 7.91. The molecule has 1 aromatic carbocycles. The van der Waals surface area contributed by atoms with E-state index < -0.39 is 22.4 Å². The van der Waals surface area contributed by atoms with Crippen molar-refractivity contribution >= 4 is 44.9 Å². The van der Waals surface area contributed by atoms with Crippen LogP contribution in [0.4, 0.5) is 0 Å². The van der Waals surface area contributed by atoms with Gasteiger partial charge < -0.3 is 9.64 Å². The number of hydrogen-bond acceptors (Lipinski definition) is 5. The van der Waals surface area contributed by atoms with Crippen LogP contribution in [0.3, 0.4) is 0 Å². The topological polar surface area (TPSA) is 80.8 Å². The summed E-state index contributed by atoms with van der Waals surface area (Å²) in [6.07, 6.45) is 4.14. The summed E-state index contributed by atoms with van der Waals surface area (Å²) in [7, 11) is -3.12. The molecule has 1 heterocycles. The van der Waals surface area contributed by atoms with Gasteiger partial charge in [0.05, 0.1) is 17.1 Å². The third-order valence-corrected chi connectivity index (χ3v) is 7.22. The summed E-state index contributed by atoms with van der Waals surface area (Å²) in [6.45, 7) is -0.435. The van der Waals surface area contributed by atoms with Crippen molar-refractivity contribution in [2.24, 2.45) is 0 Å². The minimum Gasteiger partial charge on any atom is -0.452 e. The maximum absolute atomic E-state index is 12.8. The lowest BCUT2D eigenvalue weighted by Gasteiger charge is -2.33. The molecule has 1 aromatic rings. The van der Waals surface area contributed by atoms with Gasteiger partial charge in [-0.2, -0.15) is 0 Å². The molecule has 1 unspecified atom stereocenters. The summed E-state index contributed by atoms with van der Waals surface area (Å²) in [5.41, 5.74) is 0.163. The van der Waals surface area contributed by atoms with E-state index in [1.807, 2.05) is 0 Å². The van der Waals surface area contributed by atoms with E-state index in [0.29, 0.717) is 16.5 Å². The lowest BCUT2D eigenvalue weighted by atomic mass is 10.1. The van der Waals surface area contributed by atoms with Crippen molar-refractivity contribution in [1.82, 2.24) is 4.90 Å². The summed E-state index contributed by atoms with van der Waals surface area (Å²) in [5.74, 6) is -0.981. The number of rotatable bonds is 5. The predicted molar refractivity (Wildman–Crippen MR) is 103 cm³/mol. The van der Waals surface area contributed by atoms with Crippen LogP contribution in [0, 0.1) is 0 Å². The van der Waals surface area contributed by atoms with E-state index in [0.717, 1.165) is 25.7 Å². The smallest absolute Gasteiger partial charge is 0.338 e. The fourth-order valence-electron chi connectivity index (χ4n) is 3.84. The van der Waals surface area contributed by atoms with Crippen molar-refractivity contribution in [2.45, 2.75) is 44.2 Å². The first-order valence-electron chi connectivity index (χ1n) is 8.90. The van der Waals surface area contributed by atoms with Crippen molar-refractivity contribution in [3.05, 3.63) is 33.8 Å². The van der Waals surface area contributed by atoms with Gasteiger partial charge in [-0.25, -0.2) is 13.2 Å². The molecule has 1 saturated carbocycles. The summed E-state index contributed by atoms with van der Waals surface area (Å²) in [6, 6.07) is 3.99. The number of nitrogens with zero attached hydrogens (tertiary/aromatic N) is 1. The lowest BCUT2D eigenvalue weighted by molar-refractivity contribution is -0.139. The van der Waals surface area contributed by atoms with Crippen molar-refractivity contribution in [2.75, 3.05) is 18.1 Å². The van der Waals surface area contributed by atoms with Gasteiger partial charge >= 0.3 is 5.97 Å². The molecule has 0 bridgehead atoms. The number of benzene rings is 1. The Bertz CT molecular complexity index is 816. The second-order valence-electron chi connectivity index (χ2n) is 7.03. The molecule has 0 spiro atoms. The first-order valence-corrected chi connectivity index (χ1v) is 11.5. The molecular weight excluding hydrogens is 413 g/mol. The van der Waals surface area contributed by atoms with Gasteiger partial charge in [-0.1, -0.05) is 36.0 Å². The van der Waals surface area contributed by atoms with Gasteiger partial charge in [0, 0.05) is 22.1 Å². The molecule has 0 N–H and O–H groups in total. The monoisotopic (exact) mass is 433 g/mol. The Labute approximate surface area is 168 Å². The van der Waals surface area contributed by atoms with E-state index in [1.54, 1.807) is 4.90 Å². The number of amides is 1. The van der Waals surface area contributed by atoms with E-state index in [2.05, 4.69) is 0 Å². The summed E-state index contributed by atoms with van der Waals surface area (Å²) >= 11 is 11.8. The molecule has 2 fully saturated rings. The zero-order valence-corrected chi connectivity index (χ0v) is 17.0. The molecule has 9 heteroatoms. The Morgan fingerprint density at radius 2 is 1.67 bits per heavy atom. The number of hydrogen-bond donors (Lipinski definition) is 0. The van der Waals surface area contributed by atoms with E-state index in [4.69, 9.17) is 27.9 Å². The van der Waals surface area contributed by atoms with Gasteiger partial charge in [0.1, 0.15) is 0 Å². The number of sulfone groups is 1. The Kier molecular flexibility index (Phi) is 6.33. The predicted octanol–water partition coefficient (Wildman–Crippen LogP) is 3.11. The Morgan fingerprint density at radius 3 is 2.22 bits per heavy atom. The Hall–Kier alpha value is -1.31. The van der Waals surface area contributed by atoms with Crippen molar-refractivity contribution < 1.29 is 22.7 Å². The highest BCUT2D eigenvalue weighted by Gasteiger charge is 2.39. The molecule has 148 valence electrons. The van der Waals surface area contributed by atoms with Gasteiger partial charge in [-0.15, -0.1) is 0 Å². The number of ether oxygens (including phenoxy) is 1. The van der Waals surface area contributed by atoms with Crippen LogP contribution >= 0.6 is 23.2 Å². The average Bonchev–Trinajstić information content (AvgIpc) is 3.22. The average molecular weight is 434 g/mol. The zero-order chi connectivity index (χ0) is 19.6. The number of halogens is 2. The van der Waals surface area contributed by atoms with Crippen LogP contribution in [0.15, 0.2) is 18.2 Å². The molecule has 0 aromatic heterocycles. The third-order valence-electron chi connectivity index (χ3n) is 5.03. The maximum atomic E-state index is 12.8. The highest BCUT2D eigenvalue weighted by Crippen LogP contribution is 2.29. The number of carbonyl (C=O) groups excluding carboxylic acids is 2. The van der Waals surface area contributed by atoms with E-state index in [9.17, 15) is 18.0 Å². The molecule has 1 aliphatic heterocycles. The molecule has 1 saturated heterocycles. The second-order valence-corrected chi connectivity index (χ2v) is 10.1. The Morgan fingerprint density at radius 1 is 1.04 bits per heavy atom. The molecule has 27 heavy (non-hydrogen) atoms. The molecular formula is C18H21Cl2NO5S. The standard InChI is InChI=1S/C18H21Cl2NO5S/c19-13-7-12(8-14(20)9-13)18(23)26-10-17(22)21(15-3-1-2-4-15)16-5-6-27(24,25)11-16/h7-9,15-16H,1-6,10-11H2. The summed E-state index contributed by atoms with van der Waals surface area (Å²) < 4.78 is 28.9. The quantitative estimate of drug-likeness (QED) is 0.666. The van der Waals surface area contributed by atoms with Gasteiger partial charge in [0.2, 0.25) is 0 Å². The second kappa shape index (κ2) is 8.37. The molecule has 1 aliphatic carbocycles. The largest absolute Gasteiger partial charge is 0.452 e. The van der Waals surface area contributed by atoms with Gasteiger partial charge in [-0.3, -0.25) is 4.79 Å². The van der Waals surface area contributed by atoms with Crippen LogP contribution < -0.4 is 0 Å². The van der Waals surface area contributed by atoms with Crippen LogP contribution in [0.1, 0.15) is 42.5 Å². The van der Waals surface area contributed by atoms with Crippen LogP contribution in [0.5, 0.6) is 0 Å². The third kappa shape index (κ3) is 5.15. The molecule has 2 aliphatic rings. The van der Waals surface area contributed by atoms with Crippen LogP contribution in [0.2, 0.25) is 10.0 Å². The lowest BCUT2D eigenvalue weighted by Crippen LogP contribution is -2.48. The van der Waals surface area contributed by atoms with Gasteiger partial charge in [0.15, 0.2) is 16.4 Å². The fourth-order valence-corrected chi connectivity index (χ4v) is 6.08. The molecule has 6 nitrogen and oxygen atoms in total. The van der Waals surface area contributed by atoms with Crippen molar-refractivity contribution in [3.8, 4) is 0 Å². The van der Waals surface area contributed by atoms with Crippen molar-refractivity contribution in [3.63, 3.8) is 0 Å². The number of carbonyl (C=O) groups is 2. The van der Waals surface area contributed by atoms with Gasteiger partial charge in [-0.05, 0) is 37.5 Å². The fraction of sp³-hybridized carbons (Fsp3) is 0.556. The first-order chi connectivity index (χ1) is 12.7. The normalized spacial score (nSPS) is 21.9. The minimum atomic E-state index is -3.12. The van der Waals surface area contributed by atoms with Crippen LogP contribution in [0.25, 0.3) is 0 Å². The van der Waals surface area contributed by atoms with E-state index >= 15 is 0 Å². The SMILES string of the molecule is O=C(OCC(=O)N(C1CCCC1)C1CCS(=O)(=O)C1)c1cc(Cl)cc(Cl)c1. The molecule has 1 atom stereocenters. The first kappa shape index (κ1) is 20.4. The minimum absolute atomic E-state index is 0.00937. The van der Waals surface area contributed by atoms with Crippen molar-refractivity contribution in [1.29, 1.82) is 0 Å². The molecule has 0 radical (unpaired) electrons.